The zero-order valence-electron chi connectivity index (χ0n) is 16.8. The molecule has 33 heavy (non-hydrogen) atoms. The van der Waals surface area contributed by atoms with Gasteiger partial charge in [-0.15, -0.1) is 0 Å². The number of benzene rings is 2. The Morgan fingerprint density at radius 3 is 2.21 bits per heavy atom. The number of aromatic hydroxyl groups is 3. The monoisotopic (exact) mass is 466 g/mol. The van der Waals surface area contributed by atoms with E-state index >= 15 is 0 Å². The maximum Gasteiger partial charge on any atom is 0.229 e. The van der Waals surface area contributed by atoms with Gasteiger partial charge in [-0.2, -0.15) is 0 Å². The summed E-state index contributed by atoms with van der Waals surface area (Å²) in [4.78, 5) is 12.8. The smallest absolute Gasteiger partial charge is 0.229 e. The molecule has 0 amide bonds. The first-order chi connectivity index (χ1) is 15.6. The Balaban J connectivity index is 1.74. The van der Waals surface area contributed by atoms with Crippen molar-refractivity contribution in [1.82, 2.24) is 0 Å². The maximum atomic E-state index is 12.8. The lowest BCUT2D eigenvalue weighted by molar-refractivity contribution is -0.277. The van der Waals surface area contributed by atoms with Crippen LogP contribution >= 0.6 is 0 Å². The summed E-state index contributed by atoms with van der Waals surface area (Å²) in [5, 5.41) is 80.0. The van der Waals surface area contributed by atoms with Crippen LogP contribution in [0.5, 0.6) is 28.7 Å². The Hall–Kier alpha value is -3.13. The number of ether oxygens (including phenoxy) is 3. The fraction of sp³-hybridized carbons (Fsp3) is 0.381. The minimum Gasteiger partial charge on any atom is -0.508 e. The molecule has 1 fully saturated rings. The number of Topliss-reactive ketones (excluding diaryl/α,β-unsaturated/α-hetero) is 1. The van der Waals surface area contributed by atoms with Crippen molar-refractivity contribution in [2.24, 2.45) is 0 Å². The number of phenols is 3. The van der Waals surface area contributed by atoms with E-state index in [0.29, 0.717) is 0 Å². The zero-order chi connectivity index (χ0) is 24.0. The van der Waals surface area contributed by atoms with Gasteiger partial charge in [0.2, 0.25) is 17.8 Å². The molecule has 2 aliphatic rings. The van der Waals surface area contributed by atoms with Gasteiger partial charge in [-0.25, -0.2) is 0 Å². The summed E-state index contributed by atoms with van der Waals surface area (Å²) in [5.74, 6) is -3.49. The zero-order valence-corrected chi connectivity index (χ0v) is 16.8. The third-order valence-corrected chi connectivity index (χ3v) is 5.55. The highest BCUT2D eigenvalue weighted by molar-refractivity contribution is 6.06. The van der Waals surface area contributed by atoms with E-state index in [1.807, 2.05) is 0 Å². The van der Waals surface area contributed by atoms with Crippen LogP contribution in [-0.2, 0) is 4.74 Å². The van der Waals surface area contributed by atoms with E-state index in [9.17, 15) is 45.6 Å². The van der Waals surface area contributed by atoms with Gasteiger partial charge in [0.1, 0.15) is 41.5 Å². The molecule has 0 saturated carbocycles. The molecular formula is C21H22O12. The van der Waals surface area contributed by atoms with Crippen molar-refractivity contribution in [1.29, 1.82) is 0 Å². The van der Waals surface area contributed by atoms with Gasteiger partial charge < -0.3 is 55.1 Å². The first kappa shape index (κ1) is 23.0. The summed E-state index contributed by atoms with van der Waals surface area (Å²) in [5.41, 5.74) is -0.226. The van der Waals surface area contributed by atoms with Gasteiger partial charge >= 0.3 is 0 Å². The molecule has 8 N–H and O–H groups in total. The van der Waals surface area contributed by atoms with E-state index in [1.165, 1.54) is 24.3 Å². The molecule has 0 spiro atoms. The predicted octanol–water partition coefficient (Wildman–Crippen LogP) is -1.34. The highest BCUT2D eigenvalue weighted by Gasteiger charge is 2.47. The molecule has 7 atom stereocenters. The van der Waals surface area contributed by atoms with Gasteiger partial charge in [0, 0.05) is 6.07 Å². The number of fused-ring (bicyclic) bond motifs is 1. The van der Waals surface area contributed by atoms with Crippen LogP contribution in [0.3, 0.4) is 0 Å². The number of rotatable bonds is 4. The average Bonchev–Trinajstić information content (AvgIpc) is 2.78. The van der Waals surface area contributed by atoms with E-state index in [2.05, 4.69) is 0 Å². The van der Waals surface area contributed by atoms with E-state index < -0.39 is 83.9 Å². The van der Waals surface area contributed by atoms with Crippen molar-refractivity contribution in [2.75, 3.05) is 6.61 Å². The molecule has 178 valence electrons. The van der Waals surface area contributed by atoms with Gasteiger partial charge in [-0.3, -0.25) is 4.79 Å². The fourth-order valence-electron chi connectivity index (χ4n) is 3.75. The van der Waals surface area contributed by atoms with Crippen molar-refractivity contribution in [3.8, 4) is 28.7 Å². The topological polar surface area (TPSA) is 207 Å². The fourth-order valence-corrected chi connectivity index (χ4v) is 3.75. The van der Waals surface area contributed by atoms with Crippen molar-refractivity contribution in [3.05, 3.63) is 41.5 Å². The van der Waals surface area contributed by atoms with Crippen LogP contribution in [0.25, 0.3) is 0 Å². The first-order valence-corrected chi connectivity index (χ1v) is 9.88. The van der Waals surface area contributed by atoms with Crippen LogP contribution in [0, 0.1) is 0 Å². The predicted molar refractivity (Wildman–Crippen MR) is 106 cm³/mol. The van der Waals surface area contributed by atoms with Gasteiger partial charge in [0.05, 0.1) is 6.61 Å². The summed E-state index contributed by atoms with van der Waals surface area (Å²) in [6.07, 6.45) is -11.4. The number of carbonyl (C=O) groups is 1. The molecular weight excluding hydrogens is 444 g/mol. The number of ketones is 1. The third kappa shape index (κ3) is 3.93. The third-order valence-electron chi connectivity index (χ3n) is 5.55. The van der Waals surface area contributed by atoms with Crippen LogP contribution in [-0.4, -0.2) is 90.1 Å². The molecule has 12 nitrogen and oxygen atoms in total. The van der Waals surface area contributed by atoms with Gasteiger partial charge in [-0.05, 0) is 17.7 Å². The minimum absolute atomic E-state index is 0.0716. The van der Waals surface area contributed by atoms with Gasteiger partial charge in [-0.1, -0.05) is 12.1 Å². The van der Waals surface area contributed by atoms with Crippen LogP contribution in [0.1, 0.15) is 22.0 Å². The second kappa shape index (κ2) is 8.67. The molecule has 12 heteroatoms. The lowest BCUT2D eigenvalue weighted by atomic mass is 9.92. The summed E-state index contributed by atoms with van der Waals surface area (Å²) in [6, 6.07) is 6.14. The summed E-state index contributed by atoms with van der Waals surface area (Å²) < 4.78 is 16.5. The summed E-state index contributed by atoms with van der Waals surface area (Å²) >= 11 is 0. The summed E-state index contributed by atoms with van der Waals surface area (Å²) in [6.45, 7) is -0.728. The van der Waals surface area contributed by atoms with Crippen molar-refractivity contribution in [2.45, 2.75) is 42.9 Å². The average molecular weight is 466 g/mol. The lowest BCUT2D eigenvalue weighted by Gasteiger charge is -2.40. The SMILES string of the molecule is O=C1c2c(O)cc(O)c(O[C@H]3O[C@@H](CO)[C@H](O)[C@H](O)[C@@H]3O)c2O[C@H](c2ccc(O)cc2)[C@H]1O. The largest absolute Gasteiger partial charge is 0.508 e. The molecule has 4 rings (SSSR count). The normalized spacial score (nSPS) is 31.5. The highest BCUT2D eigenvalue weighted by atomic mass is 16.7. The van der Waals surface area contributed by atoms with Crippen LogP contribution < -0.4 is 9.47 Å². The highest BCUT2D eigenvalue weighted by Crippen LogP contribution is 2.50. The molecule has 0 unspecified atom stereocenters. The minimum atomic E-state index is -1.83. The molecule has 0 bridgehead atoms. The van der Waals surface area contributed by atoms with Crippen molar-refractivity contribution in [3.63, 3.8) is 0 Å². The Morgan fingerprint density at radius 2 is 1.58 bits per heavy atom. The quantitative estimate of drug-likeness (QED) is 0.263. The second-order valence-electron chi connectivity index (χ2n) is 7.70. The molecule has 0 radical (unpaired) electrons. The maximum absolute atomic E-state index is 12.8. The van der Waals surface area contributed by atoms with Gasteiger partial charge in [0.25, 0.3) is 0 Å². The Kier molecular flexibility index (Phi) is 6.05. The Morgan fingerprint density at radius 1 is 0.909 bits per heavy atom. The van der Waals surface area contributed by atoms with Crippen LogP contribution in [0.2, 0.25) is 0 Å². The molecule has 2 aromatic rings. The number of carbonyl (C=O) groups excluding carboxylic acids is 1. The number of phenolic OH excluding ortho intramolecular Hbond substituents is 3. The first-order valence-electron chi connectivity index (χ1n) is 9.88. The molecule has 2 heterocycles. The standard InChI is InChI=1S/C21H22O12/c22-6-11-13(26)15(28)17(30)21(31-11)33-19-10(25)5-9(24)12-14(27)16(29)18(32-20(12)19)7-1-3-8(23)4-2-7/h1-5,11,13,15-18,21-26,28-30H,6H2/t11-,13-,15-,16-,17-,18+,21+/m0/s1. The lowest BCUT2D eigenvalue weighted by Crippen LogP contribution is -2.60. The summed E-state index contributed by atoms with van der Waals surface area (Å²) in [7, 11) is 0. The van der Waals surface area contributed by atoms with E-state index in [4.69, 9.17) is 14.2 Å². The molecule has 1 saturated heterocycles. The second-order valence-corrected chi connectivity index (χ2v) is 7.70. The number of hydrogen-bond donors (Lipinski definition) is 8. The van der Waals surface area contributed by atoms with Crippen molar-refractivity contribution >= 4 is 5.78 Å². The Labute approximate surface area is 186 Å². The number of aliphatic hydroxyl groups is 5. The van der Waals surface area contributed by atoms with Crippen LogP contribution in [0.15, 0.2) is 30.3 Å². The number of hydrogen-bond acceptors (Lipinski definition) is 12. The number of aliphatic hydroxyl groups excluding tert-OH is 5. The van der Waals surface area contributed by atoms with E-state index in [-0.39, 0.29) is 11.3 Å². The molecule has 2 aromatic carbocycles. The Bertz CT molecular complexity index is 1040. The van der Waals surface area contributed by atoms with Gasteiger partial charge in [0.15, 0.2) is 23.7 Å². The van der Waals surface area contributed by atoms with E-state index in [1.54, 1.807) is 0 Å². The van der Waals surface area contributed by atoms with Crippen LogP contribution in [0.4, 0.5) is 0 Å². The molecule has 0 aromatic heterocycles. The van der Waals surface area contributed by atoms with E-state index in [0.717, 1.165) is 6.07 Å². The molecule has 2 aliphatic heterocycles. The van der Waals surface area contributed by atoms with Crippen molar-refractivity contribution < 1.29 is 59.9 Å². The molecule has 0 aliphatic carbocycles.